The first-order chi connectivity index (χ1) is 10.0. The fourth-order valence-electron chi connectivity index (χ4n) is 1.74. The number of benzene rings is 2. The Morgan fingerprint density at radius 1 is 1.33 bits per heavy atom. The number of nitrogens with one attached hydrogen (secondary N) is 1. The highest BCUT2D eigenvalue weighted by Crippen LogP contribution is 2.26. The van der Waals surface area contributed by atoms with E-state index in [0.29, 0.717) is 28.3 Å². The van der Waals surface area contributed by atoms with Crippen molar-refractivity contribution < 1.29 is 9.53 Å². The van der Waals surface area contributed by atoms with Crippen molar-refractivity contribution in [3.63, 3.8) is 0 Å². The normalized spacial score (nSPS) is 9.76. The molecule has 5 nitrogen and oxygen atoms in total. The van der Waals surface area contributed by atoms with Crippen LogP contribution in [0.4, 0.5) is 11.4 Å². The van der Waals surface area contributed by atoms with Gasteiger partial charge in [-0.15, -0.1) is 0 Å². The van der Waals surface area contributed by atoms with Crippen molar-refractivity contribution in [3.05, 3.63) is 52.0 Å². The molecule has 2 aromatic carbocycles. The lowest BCUT2D eigenvalue weighted by atomic mass is 10.1. The molecule has 106 valence electrons. The quantitative estimate of drug-likeness (QED) is 0.836. The number of nitrogen functional groups attached to an aromatic ring is 1. The van der Waals surface area contributed by atoms with Gasteiger partial charge < -0.3 is 15.8 Å². The van der Waals surface area contributed by atoms with Gasteiger partial charge in [-0.25, -0.2) is 0 Å². The van der Waals surface area contributed by atoms with Gasteiger partial charge in [-0.05, 0) is 46.3 Å². The monoisotopic (exact) mass is 345 g/mol. The van der Waals surface area contributed by atoms with Gasteiger partial charge in [0.15, 0.2) is 0 Å². The maximum atomic E-state index is 12.2. The van der Waals surface area contributed by atoms with Gasteiger partial charge in [-0.2, -0.15) is 5.26 Å². The Morgan fingerprint density at radius 3 is 2.71 bits per heavy atom. The van der Waals surface area contributed by atoms with Gasteiger partial charge in [0.1, 0.15) is 5.75 Å². The molecular weight excluding hydrogens is 334 g/mol. The van der Waals surface area contributed by atoms with Gasteiger partial charge in [0, 0.05) is 21.8 Å². The molecule has 0 bridgehead atoms. The largest absolute Gasteiger partial charge is 0.495 e. The van der Waals surface area contributed by atoms with Crippen molar-refractivity contribution in [1.82, 2.24) is 0 Å². The maximum absolute atomic E-state index is 12.2. The number of ether oxygens (including phenoxy) is 1. The predicted octanol–water partition coefficient (Wildman–Crippen LogP) is 3.16. The fourth-order valence-corrected chi connectivity index (χ4v) is 1.99. The van der Waals surface area contributed by atoms with Crippen LogP contribution in [0.15, 0.2) is 40.9 Å². The molecule has 0 aliphatic carbocycles. The van der Waals surface area contributed by atoms with Crippen LogP contribution in [-0.2, 0) is 0 Å². The highest BCUT2D eigenvalue weighted by atomic mass is 79.9. The Hall–Kier alpha value is -2.52. The van der Waals surface area contributed by atoms with E-state index in [1.165, 1.54) is 7.11 Å². The second-order valence-electron chi connectivity index (χ2n) is 4.22. The summed E-state index contributed by atoms with van der Waals surface area (Å²) in [4.78, 5) is 12.2. The summed E-state index contributed by atoms with van der Waals surface area (Å²) < 4.78 is 5.90. The first kappa shape index (κ1) is 14.9. The minimum Gasteiger partial charge on any atom is -0.495 e. The highest BCUT2D eigenvalue weighted by molar-refractivity contribution is 9.10. The SMILES string of the molecule is COc1cc(C#N)ccc1NC(=O)c1ccc(Br)c(N)c1. The Bertz CT molecular complexity index is 738. The first-order valence-corrected chi connectivity index (χ1v) is 6.79. The minimum atomic E-state index is -0.308. The van der Waals surface area contributed by atoms with Crippen LogP contribution in [0.2, 0.25) is 0 Å². The van der Waals surface area contributed by atoms with E-state index in [1.54, 1.807) is 36.4 Å². The lowest BCUT2D eigenvalue weighted by molar-refractivity contribution is 0.102. The van der Waals surface area contributed by atoms with E-state index in [1.807, 2.05) is 6.07 Å². The molecular formula is C15H12BrN3O2. The number of halogens is 1. The topological polar surface area (TPSA) is 88.1 Å². The number of amides is 1. The average molecular weight is 346 g/mol. The molecule has 6 heteroatoms. The summed E-state index contributed by atoms with van der Waals surface area (Å²) in [5.74, 6) is 0.115. The molecule has 0 spiro atoms. The van der Waals surface area contributed by atoms with Gasteiger partial charge in [0.25, 0.3) is 5.91 Å². The zero-order chi connectivity index (χ0) is 15.4. The summed E-state index contributed by atoms with van der Waals surface area (Å²) in [6, 6.07) is 11.7. The van der Waals surface area contributed by atoms with Crippen LogP contribution in [0.3, 0.4) is 0 Å². The van der Waals surface area contributed by atoms with Crippen molar-refractivity contribution in [1.29, 1.82) is 5.26 Å². The number of carbonyl (C=O) groups excluding carboxylic acids is 1. The predicted molar refractivity (Wildman–Crippen MR) is 84.2 cm³/mol. The van der Waals surface area contributed by atoms with Gasteiger partial charge in [-0.1, -0.05) is 0 Å². The summed E-state index contributed by atoms with van der Waals surface area (Å²) in [5.41, 5.74) is 7.62. The Balaban J connectivity index is 2.27. The van der Waals surface area contributed by atoms with Gasteiger partial charge >= 0.3 is 0 Å². The Kier molecular flexibility index (Phi) is 4.45. The van der Waals surface area contributed by atoms with Gasteiger partial charge in [0.2, 0.25) is 0 Å². The molecule has 0 fully saturated rings. The number of hydrogen-bond donors (Lipinski definition) is 2. The number of methoxy groups -OCH3 is 1. The number of nitrogens with two attached hydrogens (primary N) is 1. The molecule has 0 aliphatic heterocycles. The number of carbonyl (C=O) groups is 1. The third kappa shape index (κ3) is 3.33. The standard InChI is InChI=1S/C15H12BrN3O2/c1-21-14-6-9(8-17)2-5-13(14)19-15(20)10-3-4-11(16)12(18)7-10/h2-7H,18H2,1H3,(H,19,20). The number of anilines is 2. The van der Waals surface area contributed by atoms with Crippen molar-refractivity contribution in [2.45, 2.75) is 0 Å². The smallest absolute Gasteiger partial charge is 0.255 e. The molecule has 0 aromatic heterocycles. The summed E-state index contributed by atoms with van der Waals surface area (Å²) in [7, 11) is 1.48. The van der Waals surface area contributed by atoms with Gasteiger partial charge in [-0.3, -0.25) is 4.79 Å². The van der Waals surface area contributed by atoms with E-state index >= 15 is 0 Å². The molecule has 2 aromatic rings. The number of rotatable bonds is 3. The van der Waals surface area contributed by atoms with Crippen LogP contribution in [0.25, 0.3) is 0 Å². The minimum absolute atomic E-state index is 0.308. The van der Waals surface area contributed by atoms with E-state index in [0.717, 1.165) is 4.47 Å². The van der Waals surface area contributed by atoms with Crippen molar-refractivity contribution in [3.8, 4) is 11.8 Å². The maximum Gasteiger partial charge on any atom is 0.255 e. The van der Waals surface area contributed by atoms with Gasteiger partial charge in [0.05, 0.1) is 24.4 Å². The number of nitrogens with zero attached hydrogens (tertiary/aromatic N) is 1. The fraction of sp³-hybridized carbons (Fsp3) is 0.0667. The summed E-state index contributed by atoms with van der Waals surface area (Å²) in [6.45, 7) is 0. The van der Waals surface area contributed by atoms with Crippen LogP contribution in [0.5, 0.6) is 5.75 Å². The second-order valence-corrected chi connectivity index (χ2v) is 5.07. The molecule has 0 atom stereocenters. The van der Waals surface area contributed by atoms with Crippen LogP contribution < -0.4 is 15.8 Å². The number of hydrogen-bond acceptors (Lipinski definition) is 4. The van der Waals surface area contributed by atoms with E-state index < -0.39 is 0 Å². The lowest BCUT2D eigenvalue weighted by Crippen LogP contribution is -2.13. The zero-order valence-electron chi connectivity index (χ0n) is 11.2. The third-order valence-electron chi connectivity index (χ3n) is 2.84. The van der Waals surface area contributed by atoms with E-state index in [9.17, 15) is 4.79 Å². The molecule has 21 heavy (non-hydrogen) atoms. The van der Waals surface area contributed by atoms with Crippen molar-refractivity contribution in [2.75, 3.05) is 18.2 Å². The summed E-state index contributed by atoms with van der Waals surface area (Å²) in [5, 5.41) is 11.6. The molecule has 1 amide bonds. The van der Waals surface area contributed by atoms with Crippen molar-refractivity contribution in [2.24, 2.45) is 0 Å². The molecule has 0 heterocycles. The third-order valence-corrected chi connectivity index (χ3v) is 3.56. The van der Waals surface area contributed by atoms with E-state index in [4.69, 9.17) is 15.7 Å². The van der Waals surface area contributed by atoms with E-state index in [2.05, 4.69) is 21.2 Å². The first-order valence-electron chi connectivity index (χ1n) is 5.99. The van der Waals surface area contributed by atoms with Crippen molar-refractivity contribution >= 4 is 33.2 Å². The van der Waals surface area contributed by atoms with Crippen LogP contribution in [0.1, 0.15) is 15.9 Å². The molecule has 2 rings (SSSR count). The molecule has 0 aliphatic rings. The summed E-state index contributed by atoms with van der Waals surface area (Å²) >= 11 is 3.28. The average Bonchev–Trinajstić information content (AvgIpc) is 2.50. The van der Waals surface area contributed by atoms with Crippen LogP contribution >= 0.6 is 15.9 Å². The highest BCUT2D eigenvalue weighted by Gasteiger charge is 2.11. The zero-order valence-corrected chi connectivity index (χ0v) is 12.8. The lowest BCUT2D eigenvalue weighted by Gasteiger charge is -2.11. The molecule has 0 radical (unpaired) electrons. The molecule has 3 N–H and O–H groups in total. The second kappa shape index (κ2) is 6.29. The Labute approximate surface area is 130 Å². The van der Waals surface area contributed by atoms with Crippen LogP contribution in [0, 0.1) is 11.3 Å². The molecule has 0 saturated heterocycles. The summed E-state index contributed by atoms with van der Waals surface area (Å²) in [6.07, 6.45) is 0. The molecule has 0 unspecified atom stereocenters. The van der Waals surface area contributed by atoms with E-state index in [-0.39, 0.29) is 5.91 Å². The molecule has 0 saturated carbocycles. The van der Waals surface area contributed by atoms with Crippen LogP contribution in [-0.4, -0.2) is 13.0 Å². The Morgan fingerprint density at radius 2 is 2.10 bits per heavy atom. The number of nitriles is 1.